The monoisotopic (exact) mass is 297 g/mol. The van der Waals surface area contributed by atoms with Gasteiger partial charge in [0.25, 0.3) is 0 Å². The van der Waals surface area contributed by atoms with E-state index in [0.29, 0.717) is 25.9 Å². The quantitative estimate of drug-likeness (QED) is 0.853. The van der Waals surface area contributed by atoms with Crippen molar-refractivity contribution in [2.45, 2.75) is 38.6 Å². The van der Waals surface area contributed by atoms with Crippen molar-refractivity contribution in [3.05, 3.63) is 0 Å². The summed E-state index contributed by atoms with van der Waals surface area (Å²) in [6.45, 7) is 4.76. The van der Waals surface area contributed by atoms with E-state index < -0.39 is 11.4 Å². The lowest BCUT2D eigenvalue weighted by Gasteiger charge is -2.37. The molecule has 2 aliphatic heterocycles. The molecule has 2 amide bonds. The summed E-state index contributed by atoms with van der Waals surface area (Å²) < 4.78 is 0. The van der Waals surface area contributed by atoms with Crippen LogP contribution in [0.1, 0.15) is 32.6 Å². The molecule has 0 aliphatic carbocycles. The smallest absolute Gasteiger partial charge is 0.320 e. The van der Waals surface area contributed by atoms with Crippen LogP contribution in [0.5, 0.6) is 0 Å². The number of urea groups is 1. The highest BCUT2D eigenvalue weighted by Gasteiger charge is 2.45. The van der Waals surface area contributed by atoms with E-state index in [4.69, 9.17) is 0 Å². The Labute approximate surface area is 126 Å². The molecule has 1 N–H and O–H groups in total. The predicted molar refractivity (Wildman–Crippen MR) is 80.2 cm³/mol. The number of aliphatic carboxylic acids is 1. The van der Waals surface area contributed by atoms with E-state index in [1.165, 1.54) is 0 Å². The second-order valence-corrected chi connectivity index (χ2v) is 6.56. The van der Waals surface area contributed by atoms with Crippen LogP contribution in [0.25, 0.3) is 0 Å². The van der Waals surface area contributed by atoms with Crippen LogP contribution in [0.4, 0.5) is 4.79 Å². The van der Waals surface area contributed by atoms with Gasteiger partial charge in [-0.1, -0.05) is 6.92 Å². The Kier molecular flexibility index (Phi) is 4.76. The van der Waals surface area contributed by atoms with Gasteiger partial charge < -0.3 is 19.8 Å². The normalized spacial score (nSPS) is 30.4. The summed E-state index contributed by atoms with van der Waals surface area (Å²) >= 11 is 0. The van der Waals surface area contributed by atoms with Gasteiger partial charge in [0, 0.05) is 32.7 Å². The van der Waals surface area contributed by atoms with Crippen LogP contribution in [-0.2, 0) is 4.79 Å². The summed E-state index contributed by atoms with van der Waals surface area (Å²) in [5.74, 6) is -0.777. The molecule has 2 saturated heterocycles. The fourth-order valence-corrected chi connectivity index (χ4v) is 3.48. The minimum Gasteiger partial charge on any atom is -0.481 e. The fourth-order valence-electron chi connectivity index (χ4n) is 3.48. The molecule has 120 valence electrons. The molecule has 0 radical (unpaired) electrons. The van der Waals surface area contributed by atoms with Crippen LogP contribution in [-0.4, -0.2) is 78.1 Å². The van der Waals surface area contributed by atoms with Crippen molar-refractivity contribution in [1.29, 1.82) is 0 Å². The molecule has 0 spiro atoms. The number of carboxylic acid groups (broad SMARTS) is 1. The van der Waals surface area contributed by atoms with Crippen molar-refractivity contribution >= 4 is 12.0 Å². The van der Waals surface area contributed by atoms with Crippen molar-refractivity contribution in [3.63, 3.8) is 0 Å². The maximum Gasteiger partial charge on any atom is 0.320 e. The summed E-state index contributed by atoms with van der Waals surface area (Å²) in [6.07, 6.45) is 3.26. The Bertz CT molecular complexity index is 415. The molecule has 2 atom stereocenters. The molecule has 2 fully saturated rings. The second-order valence-electron chi connectivity index (χ2n) is 6.56. The molecule has 2 heterocycles. The molecule has 2 unspecified atom stereocenters. The van der Waals surface area contributed by atoms with Gasteiger partial charge >= 0.3 is 12.0 Å². The number of rotatable bonds is 3. The highest BCUT2D eigenvalue weighted by atomic mass is 16.4. The first-order valence-corrected chi connectivity index (χ1v) is 7.83. The predicted octanol–water partition coefficient (Wildman–Crippen LogP) is 1.32. The second kappa shape index (κ2) is 6.22. The third kappa shape index (κ3) is 3.15. The van der Waals surface area contributed by atoms with E-state index in [1.807, 2.05) is 18.9 Å². The standard InChI is InChI=1S/C15H27N3O3/c1-4-15(13(19)20)7-9-18(11-15)14(21)17(3)12-6-5-8-16(2)10-12/h12H,4-11H2,1-3H3,(H,19,20). The maximum atomic E-state index is 12.6. The molecular formula is C15H27N3O3. The number of piperidine rings is 1. The number of carboxylic acids is 1. The zero-order valence-corrected chi connectivity index (χ0v) is 13.3. The summed E-state index contributed by atoms with van der Waals surface area (Å²) in [7, 11) is 3.92. The average Bonchev–Trinajstić information content (AvgIpc) is 2.91. The molecule has 0 aromatic carbocycles. The van der Waals surface area contributed by atoms with Gasteiger partial charge in [-0.05, 0) is 39.3 Å². The number of amides is 2. The lowest BCUT2D eigenvalue weighted by molar-refractivity contribution is -0.148. The van der Waals surface area contributed by atoms with E-state index in [1.54, 1.807) is 4.90 Å². The number of likely N-dealkylation sites (N-methyl/N-ethyl adjacent to an activating group) is 2. The Morgan fingerprint density at radius 2 is 2.10 bits per heavy atom. The van der Waals surface area contributed by atoms with Crippen molar-refractivity contribution in [2.75, 3.05) is 40.3 Å². The van der Waals surface area contributed by atoms with Gasteiger partial charge in [0.1, 0.15) is 0 Å². The van der Waals surface area contributed by atoms with Gasteiger partial charge in [-0.3, -0.25) is 4.79 Å². The largest absolute Gasteiger partial charge is 0.481 e. The number of nitrogens with zero attached hydrogens (tertiary/aromatic N) is 3. The van der Waals surface area contributed by atoms with E-state index in [0.717, 1.165) is 25.9 Å². The highest BCUT2D eigenvalue weighted by Crippen LogP contribution is 2.34. The van der Waals surface area contributed by atoms with Crippen LogP contribution in [0.3, 0.4) is 0 Å². The Hall–Kier alpha value is -1.30. The third-order valence-electron chi connectivity index (χ3n) is 5.20. The summed E-state index contributed by atoms with van der Waals surface area (Å²) in [6, 6.07) is 0.213. The summed E-state index contributed by atoms with van der Waals surface area (Å²) in [5.41, 5.74) is -0.750. The van der Waals surface area contributed by atoms with E-state index >= 15 is 0 Å². The molecule has 2 aliphatic rings. The van der Waals surface area contributed by atoms with Gasteiger partial charge in [0.05, 0.1) is 5.41 Å². The van der Waals surface area contributed by atoms with Crippen molar-refractivity contribution in [1.82, 2.24) is 14.7 Å². The lowest BCUT2D eigenvalue weighted by atomic mass is 9.84. The summed E-state index contributed by atoms with van der Waals surface area (Å²) in [4.78, 5) is 29.9. The SMILES string of the molecule is CCC1(C(=O)O)CCN(C(=O)N(C)C2CCCN(C)C2)C1. The van der Waals surface area contributed by atoms with Crippen molar-refractivity contribution in [2.24, 2.45) is 5.41 Å². The molecule has 6 nitrogen and oxygen atoms in total. The third-order valence-corrected chi connectivity index (χ3v) is 5.20. The topological polar surface area (TPSA) is 64.1 Å². The van der Waals surface area contributed by atoms with Crippen LogP contribution in [0.2, 0.25) is 0 Å². The number of carbonyl (C=O) groups excluding carboxylic acids is 1. The molecule has 0 aromatic rings. The average molecular weight is 297 g/mol. The number of likely N-dealkylation sites (tertiary alicyclic amines) is 2. The van der Waals surface area contributed by atoms with Gasteiger partial charge in [-0.25, -0.2) is 4.79 Å². The number of hydrogen-bond acceptors (Lipinski definition) is 3. The molecule has 0 aromatic heterocycles. The Balaban J connectivity index is 1.99. The number of hydrogen-bond donors (Lipinski definition) is 1. The molecular weight excluding hydrogens is 270 g/mol. The van der Waals surface area contributed by atoms with Crippen LogP contribution in [0, 0.1) is 5.41 Å². The molecule has 2 rings (SSSR count). The zero-order chi connectivity index (χ0) is 15.6. The molecule has 6 heteroatoms. The van der Waals surface area contributed by atoms with E-state index in [-0.39, 0.29) is 12.1 Å². The first kappa shape index (κ1) is 16.1. The number of carbonyl (C=O) groups is 2. The van der Waals surface area contributed by atoms with E-state index in [9.17, 15) is 14.7 Å². The van der Waals surface area contributed by atoms with Crippen LogP contribution in [0.15, 0.2) is 0 Å². The van der Waals surface area contributed by atoms with Crippen molar-refractivity contribution in [3.8, 4) is 0 Å². The van der Waals surface area contributed by atoms with Crippen LogP contribution >= 0.6 is 0 Å². The van der Waals surface area contributed by atoms with Gasteiger partial charge in [0.15, 0.2) is 0 Å². The fraction of sp³-hybridized carbons (Fsp3) is 0.867. The van der Waals surface area contributed by atoms with Crippen LogP contribution < -0.4 is 0 Å². The first-order chi connectivity index (χ1) is 9.89. The highest BCUT2D eigenvalue weighted by molar-refractivity contribution is 5.79. The Morgan fingerprint density at radius 1 is 1.38 bits per heavy atom. The molecule has 0 saturated carbocycles. The first-order valence-electron chi connectivity index (χ1n) is 7.83. The molecule has 0 bridgehead atoms. The summed E-state index contributed by atoms with van der Waals surface area (Å²) in [5, 5.41) is 9.43. The minimum atomic E-state index is -0.777. The van der Waals surface area contributed by atoms with E-state index in [2.05, 4.69) is 11.9 Å². The van der Waals surface area contributed by atoms with Gasteiger partial charge in [-0.15, -0.1) is 0 Å². The zero-order valence-electron chi connectivity index (χ0n) is 13.3. The van der Waals surface area contributed by atoms with Gasteiger partial charge in [0.2, 0.25) is 0 Å². The Morgan fingerprint density at radius 3 is 2.62 bits per heavy atom. The maximum absolute atomic E-state index is 12.6. The van der Waals surface area contributed by atoms with Crippen molar-refractivity contribution < 1.29 is 14.7 Å². The molecule has 21 heavy (non-hydrogen) atoms. The minimum absolute atomic E-state index is 0.0214. The van der Waals surface area contributed by atoms with Gasteiger partial charge in [-0.2, -0.15) is 0 Å². The lowest BCUT2D eigenvalue weighted by Crippen LogP contribution is -2.51.